The number of nitrogens with zero attached hydrogens (tertiary/aromatic N) is 2. The molecule has 0 aliphatic rings. The van der Waals surface area contributed by atoms with Gasteiger partial charge >= 0.3 is 6.18 Å². The minimum absolute atomic E-state index is 0.280. The highest BCUT2D eigenvalue weighted by atomic mass is 19.4. The summed E-state index contributed by atoms with van der Waals surface area (Å²) in [5, 5.41) is 15.5. The summed E-state index contributed by atoms with van der Waals surface area (Å²) in [6.07, 6.45) is -4.33. The average Bonchev–Trinajstić information content (AvgIpc) is 3.17. The average molecular weight is 515 g/mol. The van der Waals surface area contributed by atoms with Crippen LogP contribution in [-0.4, -0.2) is 33.7 Å². The molecule has 2 heterocycles. The number of hydrogen-bond donors (Lipinski definition) is 1. The first-order valence-corrected chi connectivity index (χ1v) is 11.8. The predicted molar refractivity (Wildman–Crippen MR) is 135 cm³/mol. The SMILES string of the molecule is COc1ccc(-c2c(C)noc2C)cc1C(C)(C)CC(O)(Cn1ccc(=O)c2ccccc21)C(F)(F)F. The largest absolute Gasteiger partial charge is 0.496 e. The maximum atomic E-state index is 14.5. The molecule has 1 unspecified atom stereocenters. The van der Waals surface area contributed by atoms with Crippen LogP contribution < -0.4 is 10.2 Å². The molecule has 0 spiro atoms. The first kappa shape index (κ1) is 26.5. The van der Waals surface area contributed by atoms with Gasteiger partial charge in [0.2, 0.25) is 0 Å². The predicted octanol–water partition coefficient (Wildman–Crippen LogP) is 5.94. The minimum Gasteiger partial charge on any atom is -0.496 e. The second kappa shape index (κ2) is 9.37. The highest BCUT2D eigenvalue weighted by molar-refractivity contribution is 5.78. The van der Waals surface area contributed by atoms with Gasteiger partial charge in [-0.1, -0.05) is 37.2 Å². The quantitative estimate of drug-likeness (QED) is 0.330. The number of para-hydroxylation sites is 1. The molecule has 0 bridgehead atoms. The van der Waals surface area contributed by atoms with Gasteiger partial charge in [-0.15, -0.1) is 0 Å². The number of aryl methyl sites for hydroxylation is 2. The molecular weight excluding hydrogens is 485 g/mol. The summed E-state index contributed by atoms with van der Waals surface area (Å²) in [6, 6.07) is 12.9. The fourth-order valence-corrected chi connectivity index (χ4v) is 5.04. The van der Waals surface area contributed by atoms with E-state index >= 15 is 0 Å². The molecule has 0 amide bonds. The van der Waals surface area contributed by atoms with E-state index in [9.17, 15) is 23.1 Å². The molecule has 0 saturated carbocycles. The van der Waals surface area contributed by atoms with Crippen LogP contribution in [0.3, 0.4) is 0 Å². The van der Waals surface area contributed by atoms with E-state index in [-0.39, 0.29) is 10.8 Å². The third kappa shape index (κ3) is 4.87. The molecule has 2 aromatic carbocycles. The van der Waals surface area contributed by atoms with Crippen molar-refractivity contribution in [2.75, 3.05) is 7.11 Å². The fourth-order valence-electron chi connectivity index (χ4n) is 5.04. The Labute approximate surface area is 212 Å². The topological polar surface area (TPSA) is 77.5 Å². The van der Waals surface area contributed by atoms with E-state index in [1.807, 2.05) is 0 Å². The van der Waals surface area contributed by atoms with Crippen LogP contribution in [0.5, 0.6) is 5.75 Å². The van der Waals surface area contributed by atoms with Gasteiger partial charge in [-0.2, -0.15) is 13.2 Å². The summed E-state index contributed by atoms with van der Waals surface area (Å²) in [5.41, 5.74) is -1.65. The number of pyridine rings is 1. The van der Waals surface area contributed by atoms with Crippen molar-refractivity contribution in [3.8, 4) is 16.9 Å². The lowest BCUT2D eigenvalue weighted by Gasteiger charge is -2.39. The van der Waals surface area contributed by atoms with Crippen molar-refractivity contribution in [1.82, 2.24) is 9.72 Å². The first-order valence-electron chi connectivity index (χ1n) is 11.8. The van der Waals surface area contributed by atoms with Crippen LogP contribution in [0.1, 0.15) is 37.3 Å². The maximum absolute atomic E-state index is 14.5. The molecular formula is C28H29F3N2O4. The molecule has 4 aromatic rings. The van der Waals surface area contributed by atoms with Crippen LogP contribution in [0.4, 0.5) is 13.2 Å². The number of halogens is 3. The summed E-state index contributed by atoms with van der Waals surface area (Å²) in [6.45, 7) is 6.05. The highest BCUT2D eigenvalue weighted by Crippen LogP contribution is 2.45. The van der Waals surface area contributed by atoms with Crippen LogP contribution in [0, 0.1) is 13.8 Å². The Kier molecular flexibility index (Phi) is 6.71. The molecule has 0 radical (unpaired) electrons. The Morgan fingerprint density at radius 2 is 1.78 bits per heavy atom. The number of hydrogen-bond acceptors (Lipinski definition) is 5. The summed E-state index contributed by atoms with van der Waals surface area (Å²) < 4.78 is 55.6. The molecule has 196 valence electrons. The zero-order chi connectivity index (χ0) is 27.2. The standard InChI is InChI=1S/C28H29F3N2O4/c1-17-25(18(2)37-32-17)19-10-11-24(36-5)21(14-19)26(3,4)15-27(35,28(29,30)31)16-33-13-12-23(34)20-8-6-7-9-22(20)33/h6-14,35H,15-16H2,1-5H3. The van der Waals surface area contributed by atoms with Crippen LogP contribution in [0.15, 0.2) is 64.0 Å². The van der Waals surface area contributed by atoms with Crippen LogP contribution >= 0.6 is 0 Å². The van der Waals surface area contributed by atoms with E-state index in [0.717, 1.165) is 11.1 Å². The van der Waals surface area contributed by atoms with Crippen LogP contribution in [0.2, 0.25) is 0 Å². The van der Waals surface area contributed by atoms with Crippen LogP contribution in [0.25, 0.3) is 22.0 Å². The van der Waals surface area contributed by atoms with Crippen molar-refractivity contribution in [3.05, 3.63) is 82.0 Å². The van der Waals surface area contributed by atoms with Crippen LogP contribution in [-0.2, 0) is 12.0 Å². The Balaban J connectivity index is 1.80. The van der Waals surface area contributed by atoms with Crippen molar-refractivity contribution in [3.63, 3.8) is 0 Å². The second-order valence-electron chi connectivity index (χ2n) is 10.0. The Morgan fingerprint density at radius 3 is 2.41 bits per heavy atom. The molecule has 0 saturated heterocycles. The van der Waals surface area contributed by atoms with Crippen molar-refractivity contribution in [2.45, 2.75) is 57.9 Å². The number of aromatic nitrogens is 2. The Morgan fingerprint density at radius 1 is 1.08 bits per heavy atom. The highest BCUT2D eigenvalue weighted by Gasteiger charge is 2.56. The zero-order valence-electron chi connectivity index (χ0n) is 21.3. The molecule has 2 aromatic heterocycles. The van der Waals surface area contributed by atoms with Gasteiger partial charge in [0.15, 0.2) is 11.0 Å². The lowest BCUT2D eigenvalue weighted by atomic mass is 9.73. The number of fused-ring (bicyclic) bond motifs is 1. The fraction of sp³-hybridized carbons (Fsp3) is 0.357. The van der Waals surface area contributed by atoms with Gasteiger partial charge in [0.1, 0.15) is 11.5 Å². The number of aliphatic hydroxyl groups is 1. The molecule has 4 rings (SSSR count). The van der Waals surface area contributed by atoms with Crippen molar-refractivity contribution < 1.29 is 27.5 Å². The summed E-state index contributed by atoms with van der Waals surface area (Å²) >= 11 is 0. The zero-order valence-corrected chi connectivity index (χ0v) is 21.3. The lowest BCUT2D eigenvalue weighted by Crippen LogP contribution is -2.52. The van der Waals surface area contributed by atoms with Gasteiger partial charge in [-0.05, 0) is 55.5 Å². The van der Waals surface area contributed by atoms with E-state index in [0.29, 0.717) is 28.3 Å². The number of rotatable bonds is 7. The van der Waals surface area contributed by atoms with Crippen molar-refractivity contribution >= 4 is 10.9 Å². The van der Waals surface area contributed by atoms with E-state index in [1.54, 1.807) is 70.2 Å². The first-order chi connectivity index (χ1) is 17.3. The molecule has 1 N–H and O–H groups in total. The van der Waals surface area contributed by atoms with Gasteiger partial charge in [0.05, 0.1) is 24.9 Å². The Bertz CT molecular complexity index is 1480. The van der Waals surface area contributed by atoms with Gasteiger partial charge in [0.25, 0.3) is 0 Å². The maximum Gasteiger partial charge on any atom is 0.418 e. The van der Waals surface area contributed by atoms with Gasteiger partial charge in [-0.25, -0.2) is 0 Å². The van der Waals surface area contributed by atoms with E-state index in [4.69, 9.17) is 9.26 Å². The van der Waals surface area contributed by atoms with E-state index < -0.39 is 30.2 Å². The van der Waals surface area contributed by atoms with Crippen molar-refractivity contribution in [1.29, 1.82) is 0 Å². The van der Waals surface area contributed by atoms with E-state index in [2.05, 4.69) is 5.16 Å². The molecule has 1 atom stereocenters. The second-order valence-corrected chi connectivity index (χ2v) is 10.0. The number of methoxy groups -OCH3 is 1. The lowest BCUT2D eigenvalue weighted by molar-refractivity contribution is -0.271. The van der Waals surface area contributed by atoms with Gasteiger partial charge < -0.3 is 18.9 Å². The number of alkyl halides is 3. The molecule has 6 nitrogen and oxygen atoms in total. The molecule has 37 heavy (non-hydrogen) atoms. The van der Waals surface area contributed by atoms with E-state index in [1.165, 1.54) is 23.9 Å². The molecule has 9 heteroatoms. The van der Waals surface area contributed by atoms with Crippen molar-refractivity contribution in [2.24, 2.45) is 0 Å². The summed E-state index contributed by atoms with van der Waals surface area (Å²) in [5.74, 6) is 0.988. The summed E-state index contributed by atoms with van der Waals surface area (Å²) in [4.78, 5) is 12.2. The third-order valence-corrected chi connectivity index (χ3v) is 6.83. The van der Waals surface area contributed by atoms with Gasteiger partial charge in [0, 0.05) is 28.8 Å². The molecule has 0 aliphatic heterocycles. The number of benzene rings is 2. The molecule has 0 fully saturated rings. The third-order valence-electron chi connectivity index (χ3n) is 6.83. The smallest absolute Gasteiger partial charge is 0.418 e. The summed E-state index contributed by atoms with van der Waals surface area (Å²) in [7, 11) is 1.45. The normalized spacial score (nSPS) is 14.1. The molecule has 0 aliphatic carbocycles. The number of ether oxygens (including phenoxy) is 1. The Hall–Kier alpha value is -3.59. The monoisotopic (exact) mass is 514 g/mol. The minimum atomic E-state index is -4.96. The van der Waals surface area contributed by atoms with Gasteiger partial charge in [-0.3, -0.25) is 4.79 Å².